The van der Waals surface area contributed by atoms with Crippen LogP contribution in [-0.2, 0) is 0 Å². The van der Waals surface area contributed by atoms with Crippen LogP contribution in [-0.4, -0.2) is 15.6 Å². The summed E-state index contributed by atoms with van der Waals surface area (Å²) < 4.78 is 2.18. The summed E-state index contributed by atoms with van der Waals surface area (Å²) >= 11 is 2.01. The summed E-state index contributed by atoms with van der Waals surface area (Å²) in [4.78, 5) is 23.2. The first-order chi connectivity index (χ1) is 9.00. The topological polar surface area (TPSA) is 59.3 Å². The monoisotopic (exact) mass is 369 g/mol. The van der Waals surface area contributed by atoms with E-state index in [4.69, 9.17) is 5.11 Å². The molecule has 2 rings (SSSR count). The average Bonchev–Trinajstić information content (AvgIpc) is 2.41. The maximum atomic E-state index is 12.2. The molecule has 0 amide bonds. The van der Waals surface area contributed by atoms with E-state index in [0.29, 0.717) is 0 Å². The molecule has 1 atom stereocenters. The molecule has 1 unspecified atom stereocenters. The lowest BCUT2D eigenvalue weighted by Crippen LogP contribution is -2.29. The lowest BCUT2D eigenvalue weighted by atomic mass is 10.1. The number of carboxylic acid groups (broad SMARTS) is 1. The molecule has 98 valence electrons. The van der Waals surface area contributed by atoms with E-state index < -0.39 is 11.5 Å². The third-order valence-electron chi connectivity index (χ3n) is 2.94. The Hall–Kier alpha value is -1.63. The van der Waals surface area contributed by atoms with Crippen molar-refractivity contribution < 1.29 is 9.90 Å². The lowest BCUT2D eigenvalue weighted by molar-refractivity contribution is 0.0694. The molecule has 2 aromatic rings. The van der Waals surface area contributed by atoms with Crippen LogP contribution in [0.25, 0.3) is 0 Å². The summed E-state index contributed by atoms with van der Waals surface area (Å²) in [5.74, 6) is -1.20. The minimum Gasteiger partial charge on any atom is -0.477 e. The second-order valence-electron chi connectivity index (χ2n) is 4.18. The van der Waals surface area contributed by atoms with Gasteiger partial charge in [-0.15, -0.1) is 0 Å². The molecule has 1 N–H and O–H groups in total. The number of aromatic carboxylic acids is 1. The Balaban J connectivity index is 2.57. The summed E-state index contributed by atoms with van der Waals surface area (Å²) in [5, 5.41) is 9.05. The zero-order valence-electron chi connectivity index (χ0n) is 10.2. The predicted molar refractivity (Wildman–Crippen MR) is 80.6 cm³/mol. The maximum Gasteiger partial charge on any atom is 0.341 e. The van der Waals surface area contributed by atoms with Crippen LogP contribution in [0.5, 0.6) is 0 Å². The highest BCUT2D eigenvalue weighted by Gasteiger charge is 2.16. The Morgan fingerprint density at radius 2 is 1.95 bits per heavy atom. The molecule has 0 bridgehead atoms. The molecule has 4 nitrogen and oxygen atoms in total. The van der Waals surface area contributed by atoms with Crippen molar-refractivity contribution in [1.82, 2.24) is 4.57 Å². The molecule has 5 heteroatoms. The SMILES string of the molecule is CC(c1ccccc1)n1cc(I)cc(C(=O)O)c1=O. The Kier molecular flexibility index (Phi) is 4.04. The second kappa shape index (κ2) is 5.56. The van der Waals surface area contributed by atoms with E-state index in [1.54, 1.807) is 6.20 Å². The third kappa shape index (κ3) is 2.86. The largest absolute Gasteiger partial charge is 0.477 e. The zero-order valence-corrected chi connectivity index (χ0v) is 12.4. The summed E-state index contributed by atoms with van der Waals surface area (Å²) in [6, 6.07) is 10.7. The van der Waals surface area contributed by atoms with Gasteiger partial charge in [0.25, 0.3) is 5.56 Å². The smallest absolute Gasteiger partial charge is 0.341 e. The summed E-state index contributed by atoms with van der Waals surface area (Å²) in [6.07, 6.45) is 1.67. The number of aromatic nitrogens is 1. The normalized spacial score (nSPS) is 12.1. The van der Waals surface area contributed by atoms with E-state index >= 15 is 0 Å². The lowest BCUT2D eigenvalue weighted by Gasteiger charge is -2.16. The zero-order chi connectivity index (χ0) is 14.0. The fourth-order valence-corrected chi connectivity index (χ4v) is 2.51. The summed E-state index contributed by atoms with van der Waals surface area (Å²) in [6.45, 7) is 1.87. The fraction of sp³-hybridized carbons (Fsp3) is 0.143. The van der Waals surface area contributed by atoms with Crippen molar-refractivity contribution in [1.29, 1.82) is 0 Å². The van der Waals surface area contributed by atoms with Gasteiger partial charge in [-0.1, -0.05) is 30.3 Å². The van der Waals surface area contributed by atoms with Crippen LogP contribution in [0.3, 0.4) is 0 Å². The van der Waals surface area contributed by atoms with Crippen LogP contribution in [0, 0.1) is 3.57 Å². The molecule has 0 saturated heterocycles. The van der Waals surface area contributed by atoms with Crippen molar-refractivity contribution in [2.75, 3.05) is 0 Å². The van der Waals surface area contributed by atoms with Gasteiger partial charge in [-0.25, -0.2) is 4.79 Å². The van der Waals surface area contributed by atoms with Gasteiger partial charge in [0.05, 0.1) is 6.04 Å². The Bertz CT molecular complexity index is 664. The quantitative estimate of drug-likeness (QED) is 0.847. The third-order valence-corrected chi connectivity index (χ3v) is 3.53. The Morgan fingerprint density at radius 3 is 2.53 bits per heavy atom. The minimum atomic E-state index is -1.20. The first-order valence-electron chi connectivity index (χ1n) is 5.70. The second-order valence-corrected chi connectivity index (χ2v) is 5.42. The van der Waals surface area contributed by atoms with Crippen molar-refractivity contribution in [2.24, 2.45) is 0 Å². The average molecular weight is 369 g/mol. The molecular formula is C14H12INO3. The number of benzene rings is 1. The number of carbonyl (C=O) groups is 1. The molecule has 0 aliphatic carbocycles. The van der Waals surface area contributed by atoms with Crippen molar-refractivity contribution in [3.63, 3.8) is 0 Å². The highest BCUT2D eigenvalue weighted by Crippen LogP contribution is 2.17. The van der Waals surface area contributed by atoms with E-state index in [1.165, 1.54) is 10.6 Å². The molecule has 0 saturated carbocycles. The fourth-order valence-electron chi connectivity index (χ4n) is 1.90. The first-order valence-corrected chi connectivity index (χ1v) is 6.78. The predicted octanol–water partition coefficient (Wildman–Crippen LogP) is 2.76. The Labute approximate surface area is 123 Å². The van der Waals surface area contributed by atoms with Crippen molar-refractivity contribution in [2.45, 2.75) is 13.0 Å². The van der Waals surface area contributed by atoms with E-state index in [0.717, 1.165) is 9.13 Å². The number of hydrogen-bond donors (Lipinski definition) is 1. The van der Waals surface area contributed by atoms with Gasteiger partial charge in [0.15, 0.2) is 0 Å². The van der Waals surface area contributed by atoms with Gasteiger partial charge in [0.2, 0.25) is 0 Å². The standard InChI is InChI=1S/C14H12INO3/c1-9(10-5-3-2-4-6-10)16-8-11(15)7-12(13(16)17)14(18)19/h2-9H,1H3,(H,18,19). The van der Waals surface area contributed by atoms with Crippen LogP contribution in [0.1, 0.15) is 28.9 Å². The van der Waals surface area contributed by atoms with Crippen LogP contribution < -0.4 is 5.56 Å². The van der Waals surface area contributed by atoms with E-state index in [9.17, 15) is 9.59 Å². The van der Waals surface area contributed by atoms with Gasteiger partial charge in [-0.05, 0) is 41.1 Å². The summed E-state index contributed by atoms with van der Waals surface area (Å²) in [5.41, 5.74) is 0.280. The molecule has 0 fully saturated rings. The molecule has 0 spiro atoms. The highest BCUT2D eigenvalue weighted by molar-refractivity contribution is 14.1. The molecule has 1 aromatic carbocycles. The van der Waals surface area contributed by atoms with Crippen molar-refractivity contribution in [3.8, 4) is 0 Å². The van der Waals surface area contributed by atoms with E-state index in [-0.39, 0.29) is 11.6 Å². The van der Waals surface area contributed by atoms with Crippen molar-refractivity contribution >= 4 is 28.6 Å². The van der Waals surface area contributed by atoms with Crippen LogP contribution >= 0.6 is 22.6 Å². The van der Waals surface area contributed by atoms with Gasteiger partial charge < -0.3 is 9.67 Å². The minimum absolute atomic E-state index is 0.199. The van der Waals surface area contributed by atoms with Gasteiger partial charge in [-0.2, -0.15) is 0 Å². The number of carboxylic acids is 1. The number of pyridine rings is 1. The first kappa shape index (κ1) is 13.8. The number of nitrogens with zero attached hydrogens (tertiary/aromatic N) is 1. The highest BCUT2D eigenvalue weighted by atomic mass is 127. The maximum absolute atomic E-state index is 12.2. The molecule has 0 radical (unpaired) electrons. The van der Waals surface area contributed by atoms with Crippen LogP contribution in [0.4, 0.5) is 0 Å². The molecule has 0 aliphatic rings. The molecular weight excluding hydrogens is 357 g/mol. The number of hydrogen-bond acceptors (Lipinski definition) is 2. The molecule has 1 heterocycles. The number of halogens is 1. The Morgan fingerprint density at radius 1 is 1.32 bits per heavy atom. The van der Waals surface area contributed by atoms with Crippen LogP contribution in [0.2, 0.25) is 0 Å². The summed E-state index contributed by atoms with van der Waals surface area (Å²) in [7, 11) is 0. The molecule has 19 heavy (non-hydrogen) atoms. The van der Waals surface area contributed by atoms with Crippen LogP contribution in [0.15, 0.2) is 47.4 Å². The van der Waals surface area contributed by atoms with Gasteiger partial charge in [-0.3, -0.25) is 4.79 Å². The van der Waals surface area contributed by atoms with Gasteiger partial charge in [0.1, 0.15) is 5.56 Å². The van der Waals surface area contributed by atoms with Gasteiger partial charge in [0, 0.05) is 9.77 Å². The molecule has 0 aliphatic heterocycles. The van der Waals surface area contributed by atoms with Crippen molar-refractivity contribution in [3.05, 3.63) is 67.6 Å². The van der Waals surface area contributed by atoms with E-state index in [2.05, 4.69) is 0 Å². The van der Waals surface area contributed by atoms with Gasteiger partial charge >= 0.3 is 5.97 Å². The van der Waals surface area contributed by atoms with E-state index in [1.807, 2.05) is 59.8 Å². The molecule has 1 aromatic heterocycles. The number of rotatable bonds is 3.